The number of imide groups is 1. The molecule has 32 heavy (non-hydrogen) atoms. The van der Waals surface area contributed by atoms with Crippen molar-refractivity contribution >= 4 is 32.7 Å². The largest absolute Gasteiger partial charge is 0.525 e. The van der Waals surface area contributed by atoms with Crippen LogP contribution in [0.2, 0.25) is 0 Å². The fraction of sp³-hybridized carbons (Fsp3) is 0.455. The lowest BCUT2D eigenvalue weighted by atomic mass is 9.90. The van der Waals surface area contributed by atoms with E-state index in [2.05, 4.69) is 11.2 Å². The van der Waals surface area contributed by atoms with Gasteiger partial charge in [0.25, 0.3) is 11.8 Å². The summed E-state index contributed by atoms with van der Waals surface area (Å²) >= 11 is 0. The number of aryl methyl sites for hydroxylation is 1. The minimum Gasteiger partial charge on any atom is -0.266 e. The third-order valence-corrected chi connectivity index (χ3v) is 6.38. The van der Waals surface area contributed by atoms with Crippen LogP contribution in [-0.4, -0.2) is 30.8 Å². The third kappa shape index (κ3) is 4.80. The van der Waals surface area contributed by atoms with Crippen molar-refractivity contribution in [3.05, 3.63) is 47.0 Å². The maximum absolute atomic E-state index is 12.7. The highest BCUT2D eigenvalue weighted by Crippen LogP contribution is 2.35. The zero-order valence-corrected chi connectivity index (χ0v) is 18.4. The molecule has 2 amide bonds. The van der Waals surface area contributed by atoms with Crippen molar-refractivity contribution in [2.45, 2.75) is 63.8 Å². The molecule has 0 bridgehead atoms. The fourth-order valence-electron chi connectivity index (χ4n) is 3.83. The molecule has 0 aromatic heterocycles. The summed E-state index contributed by atoms with van der Waals surface area (Å²) < 4.78 is 64.7. The number of rotatable bonds is 10. The molecule has 0 aliphatic carbocycles. The second-order valence-electron chi connectivity index (χ2n) is 7.75. The average Bonchev–Trinajstić information content (AvgIpc) is 2.74. The van der Waals surface area contributed by atoms with Crippen molar-refractivity contribution in [3.8, 4) is 0 Å². The SMILES string of the molecule is CCCCCCCCCc1ccc2c3c(cccc13)C(=O)N(OS(=O)(=O)C(F)(F)F)C2=O. The van der Waals surface area contributed by atoms with Crippen molar-refractivity contribution in [1.29, 1.82) is 0 Å². The predicted octanol–water partition coefficient (Wildman–Crippen LogP) is 5.51. The molecule has 0 radical (unpaired) electrons. The van der Waals surface area contributed by atoms with Crippen molar-refractivity contribution in [2.24, 2.45) is 0 Å². The van der Waals surface area contributed by atoms with Crippen molar-refractivity contribution in [2.75, 3.05) is 0 Å². The number of hydrogen-bond acceptors (Lipinski definition) is 5. The van der Waals surface area contributed by atoms with Crippen LogP contribution in [0.3, 0.4) is 0 Å². The number of halogens is 3. The number of hydrogen-bond donors (Lipinski definition) is 0. The standard InChI is InChI=1S/C22H24F3NO5S/c1-2-3-4-5-6-7-8-10-15-13-14-18-19-16(15)11-9-12-17(19)20(27)26(21(18)28)31-32(29,30)22(23,24)25/h9,11-14H,2-8,10H2,1H3. The fourth-order valence-corrected chi connectivity index (χ4v) is 4.25. The summed E-state index contributed by atoms with van der Waals surface area (Å²) in [5.41, 5.74) is -5.04. The maximum Gasteiger partial charge on any atom is 0.525 e. The highest BCUT2D eigenvalue weighted by Gasteiger charge is 2.51. The van der Waals surface area contributed by atoms with Gasteiger partial charge in [-0.15, -0.1) is 9.35 Å². The number of benzene rings is 2. The topological polar surface area (TPSA) is 80.8 Å². The average molecular weight is 471 g/mol. The Balaban J connectivity index is 1.84. The molecular formula is C22H24F3NO5S. The van der Waals surface area contributed by atoms with E-state index in [1.165, 1.54) is 37.8 Å². The summed E-state index contributed by atoms with van der Waals surface area (Å²) in [4.78, 5) is 25.3. The van der Waals surface area contributed by atoms with Crippen LogP contribution in [0.25, 0.3) is 10.8 Å². The summed E-state index contributed by atoms with van der Waals surface area (Å²) in [5.74, 6) is -2.51. The first-order chi connectivity index (χ1) is 15.1. The number of amides is 2. The van der Waals surface area contributed by atoms with Gasteiger partial charge in [0.15, 0.2) is 0 Å². The van der Waals surface area contributed by atoms with Crippen molar-refractivity contribution in [1.82, 2.24) is 5.06 Å². The molecule has 1 heterocycles. The molecule has 2 aromatic carbocycles. The van der Waals surface area contributed by atoms with E-state index >= 15 is 0 Å². The van der Waals surface area contributed by atoms with Gasteiger partial charge in [-0.1, -0.05) is 63.6 Å². The summed E-state index contributed by atoms with van der Waals surface area (Å²) in [7, 11) is -6.18. The van der Waals surface area contributed by atoms with Gasteiger partial charge in [-0.3, -0.25) is 9.59 Å². The number of hydroxylamine groups is 2. The van der Waals surface area contributed by atoms with Crippen LogP contribution < -0.4 is 0 Å². The first-order valence-corrected chi connectivity index (χ1v) is 11.9. The van der Waals surface area contributed by atoms with E-state index in [9.17, 15) is 31.2 Å². The first kappa shape index (κ1) is 24.2. The highest BCUT2D eigenvalue weighted by molar-refractivity contribution is 7.87. The quantitative estimate of drug-likeness (QED) is 0.259. The summed E-state index contributed by atoms with van der Waals surface area (Å²) in [6, 6.07) is 7.69. The lowest BCUT2D eigenvalue weighted by Crippen LogP contribution is -2.44. The summed E-state index contributed by atoms with van der Waals surface area (Å²) in [5, 5.41) is 0.605. The molecule has 2 aromatic rings. The van der Waals surface area contributed by atoms with Gasteiger partial charge in [-0.05, 0) is 35.9 Å². The van der Waals surface area contributed by atoms with Crippen LogP contribution in [0.15, 0.2) is 30.3 Å². The van der Waals surface area contributed by atoms with E-state index in [-0.39, 0.29) is 16.2 Å². The van der Waals surface area contributed by atoms with E-state index in [0.717, 1.165) is 31.2 Å². The molecule has 0 atom stereocenters. The van der Waals surface area contributed by atoms with Crippen LogP contribution in [0.1, 0.15) is 78.1 Å². The molecule has 0 saturated heterocycles. The molecule has 3 rings (SSSR count). The van der Waals surface area contributed by atoms with Gasteiger partial charge in [0.2, 0.25) is 0 Å². The summed E-state index contributed by atoms with van der Waals surface area (Å²) in [6.07, 6.45) is 8.61. The molecule has 0 saturated carbocycles. The molecular weight excluding hydrogens is 447 g/mol. The van der Waals surface area contributed by atoms with Gasteiger partial charge < -0.3 is 0 Å². The number of unbranched alkanes of at least 4 members (excludes halogenated alkanes) is 6. The Labute approximate surface area is 184 Å². The Morgan fingerprint density at radius 2 is 1.47 bits per heavy atom. The molecule has 0 spiro atoms. The van der Waals surface area contributed by atoms with Gasteiger partial charge >= 0.3 is 15.6 Å². The van der Waals surface area contributed by atoms with Crippen LogP contribution in [-0.2, 0) is 20.8 Å². The maximum atomic E-state index is 12.7. The Hall–Kier alpha value is -2.46. The smallest absolute Gasteiger partial charge is 0.266 e. The van der Waals surface area contributed by atoms with Gasteiger partial charge in [-0.2, -0.15) is 21.6 Å². The van der Waals surface area contributed by atoms with E-state index in [1.54, 1.807) is 18.2 Å². The van der Waals surface area contributed by atoms with Crippen LogP contribution in [0.4, 0.5) is 13.2 Å². The minimum atomic E-state index is -6.18. The monoisotopic (exact) mass is 471 g/mol. The van der Waals surface area contributed by atoms with E-state index in [1.807, 2.05) is 0 Å². The summed E-state index contributed by atoms with van der Waals surface area (Å²) in [6.45, 7) is 2.16. The van der Waals surface area contributed by atoms with Crippen molar-refractivity contribution in [3.63, 3.8) is 0 Å². The Kier molecular flexibility index (Phi) is 7.24. The van der Waals surface area contributed by atoms with E-state index in [0.29, 0.717) is 10.8 Å². The zero-order valence-electron chi connectivity index (χ0n) is 17.6. The number of alkyl halides is 3. The minimum absolute atomic E-state index is 0.0871. The molecule has 0 fully saturated rings. The predicted molar refractivity (Wildman–Crippen MR) is 112 cm³/mol. The molecule has 174 valence electrons. The van der Waals surface area contributed by atoms with Crippen LogP contribution in [0, 0.1) is 0 Å². The van der Waals surface area contributed by atoms with Crippen LogP contribution >= 0.6 is 0 Å². The lowest BCUT2D eigenvalue weighted by Gasteiger charge is -2.26. The highest BCUT2D eigenvalue weighted by atomic mass is 32.2. The van der Waals surface area contributed by atoms with E-state index in [4.69, 9.17) is 0 Å². The molecule has 10 heteroatoms. The first-order valence-electron chi connectivity index (χ1n) is 10.5. The van der Waals surface area contributed by atoms with E-state index < -0.39 is 27.4 Å². The zero-order chi connectivity index (χ0) is 23.5. The Bertz CT molecular complexity index is 1110. The molecule has 0 N–H and O–H groups in total. The third-order valence-electron chi connectivity index (χ3n) is 5.47. The Morgan fingerprint density at radius 3 is 2.09 bits per heavy atom. The second kappa shape index (κ2) is 9.58. The lowest BCUT2D eigenvalue weighted by molar-refractivity contribution is -0.0761. The molecule has 0 unspecified atom stereocenters. The van der Waals surface area contributed by atoms with Gasteiger partial charge in [0.1, 0.15) is 0 Å². The van der Waals surface area contributed by atoms with Gasteiger partial charge in [0, 0.05) is 5.39 Å². The second-order valence-corrected chi connectivity index (χ2v) is 9.27. The van der Waals surface area contributed by atoms with Gasteiger partial charge in [0.05, 0.1) is 11.1 Å². The number of carbonyl (C=O) groups is 2. The van der Waals surface area contributed by atoms with Gasteiger partial charge in [-0.25, -0.2) is 0 Å². The van der Waals surface area contributed by atoms with Crippen LogP contribution in [0.5, 0.6) is 0 Å². The molecule has 6 nitrogen and oxygen atoms in total. The number of nitrogens with zero attached hydrogens (tertiary/aromatic N) is 1. The molecule has 1 aliphatic heterocycles. The van der Waals surface area contributed by atoms with Crippen molar-refractivity contribution < 1.29 is 35.5 Å². The molecule has 1 aliphatic rings. The Morgan fingerprint density at radius 1 is 0.875 bits per heavy atom. The number of carbonyl (C=O) groups excluding carboxylic acids is 2. The normalized spacial score (nSPS) is 14.4.